The lowest BCUT2D eigenvalue weighted by Gasteiger charge is -2.18. The number of benzene rings is 1. The first-order valence-corrected chi connectivity index (χ1v) is 6.97. The van der Waals surface area contributed by atoms with Crippen LogP contribution in [0.2, 0.25) is 0 Å². The molecule has 0 aliphatic heterocycles. The summed E-state index contributed by atoms with van der Waals surface area (Å²) in [5.41, 5.74) is 3.32. The topological polar surface area (TPSA) is 75.1 Å². The number of carboxylic acid groups (broad SMARTS) is 1. The van der Waals surface area contributed by atoms with Crippen LogP contribution in [0.3, 0.4) is 0 Å². The summed E-state index contributed by atoms with van der Waals surface area (Å²) in [5.74, 6) is -0.132. The molecular weight excluding hydrogens is 266 g/mol. The Hall–Kier alpha value is -2.43. The second-order valence-electron chi connectivity index (χ2n) is 5.44. The van der Waals surface area contributed by atoms with Crippen LogP contribution in [-0.4, -0.2) is 27.1 Å². The molecule has 5 nitrogen and oxygen atoms in total. The molecule has 0 fully saturated rings. The van der Waals surface area contributed by atoms with Gasteiger partial charge in [-0.2, -0.15) is 0 Å². The third-order valence-corrected chi connectivity index (χ3v) is 4.11. The van der Waals surface area contributed by atoms with E-state index in [1.54, 1.807) is 6.92 Å². The maximum absolute atomic E-state index is 11.0. The van der Waals surface area contributed by atoms with Crippen LogP contribution < -0.4 is 5.32 Å². The summed E-state index contributed by atoms with van der Waals surface area (Å²) >= 11 is 0. The Balaban J connectivity index is 1.80. The van der Waals surface area contributed by atoms with Gasteiger partial charge in [0.2, 0.25) is 5.95 Å². The lowest BCUT2D eigenvalue weighted by Crippen LogP contribution is -2.24. The minimum atomic E-state index is -0.999. The smallest absolute Gasteiger partial charge is 0.339 e. The number of rotatable bonds is 3. The fraction of sp³-hybridized carbons (Fsp3) is 0.312. The van der Waals surface area contributed by atoms with Crippen LogP contribution in [0.15, 0.2) is 30.5 Å². The molecule has 0 saturated carbocycles. The zero-order valence-electron chi connectivity index (χ0n) is 12.0. The van der Waals surface area contributed by atoms with Crippen LogP contribution in [0, 0.1) is 6.92 Å². The van der Waals surface area contributed by atoms with E-state index in [2.05, 4.69) is 46.5 Å². The van der Waals surface area contributed by atoms with E-state index < -0.39 is 5.97 Å². The first-order valence-electron chi connectivity index (χ1n) is 6.97. The molecule has 0 amide bonds. The summed E-state index contributed by atoms with van der Waals surface area (Å²) < 4.78 is 0. The predicted molar refractivity (Wildman–Crippen MR) is 79.7 cm³/mol. The van der Waals surface area contributed by atoms with E-state index in [0.29, 0.717) is 17.6 Å². The minimum Gasteiger partial charge on any atom is -0.478 e. The van der Waals surface area contributed by atoms with E-state index in [9.17, 15) is 4.79 Å². The first kappa shape index (κ1) is 13.5. The highest BCUT2D eigenvalue weighted by atomic mass is 16.4. The monoisotopic (exact) mass is 283 g/mol. The molecule has 2 N–H and O–H groups in total. The van der Waals surface area contributed by atoms with Gasteiger partial charge in [0.1, 0.15) is 0 Å². The summed E-state index contributed by atoms with van der Waals surface area (Å²) in [6.07, 6.45) is 2.29. The van der Waals surface area contributed by atoms with Gasteiger partial charge in [-0.15, -0.1) is 0 Å². The molecule has 21 heavy (non-hydrogen) atoms. The lowest BCUT2D eigenvalue weighted by molar-refractivity contribution is 0.0695. The van der Waals surface area contributed by atoms with Gasteiger partial charge in [-0.05, 0) is 24.5 Å². The Bertz CT molecular complexity index is 700. The molecule has 1 aromatic heterocycles. The molecule has 0 spiro atoms. The van der Waals surface area contributed by atoms with Gasteiger partial charge < -0.3 is 10.4 Å². The van der Waals surface area contributed by atoms with Gasteiger partial charge in [0.25, 0.3) is 0 Å². The van der Waals surface area contributed by atoms with E-state index >= 15 is 0 Å². The van der Waals surface area contributed by atoms with Crippen LogP contribution >= 0.6 is 0 Å². The molecule has 2 aromatic rings. The fourth-order valence-corrected chi connectivity index (χ4v) is 2.88. The maximum atomic E-state index is 11.0. The van der Waals surface area contributed by atoms with Crippen molar-refractivity contribution in [2.24, 2.45) is 0 Å². The van der Waals surface area contributed by atoms with E-state index in [-0.39, 0.29) is 11.6 Å². The molecule has 5 heteroatoms. The van der Waals surface area contributed by atoms with Crippen LogP contribution in [0.5, 0.6) is 0 Å². The highest BCUT2D eigenvalue weighted by Crippen LogP contribution is 2.34. The molecule has 108 valence electrons. The molecule has 1 aromatic carbocycles. The molecule has 3 rings (SSSR count). The third kappa shape index (κ3) is 2.46. The van der Waals surface area contributed by atoms with Crippen molar-refractivity contribution < 1.29 is 9.90 Å². The van der Waals surface area contributed by atoms with Crippen LogP contribution in [0.1, 0.15) is 40.0 Å². The molecule has 1 aliphatic carbocycles. The quantitative estimate of drug-likeness (QED) is 0.905. The van der Waals surface area contributed by atoms with Gasteiger partial charge in [0, 0.05) is 18.2 Å². The molecule has 1 aliphatic rings. The second kappa shape index (κ2) is 5.16. The molecule has 1 heterocycles. The Morgan fingerprint density at radius 3 is 2.81 bits per heavy atom. The molecule has 0 radical (unpaired) electrons. The number of carbonyl (C=O) groups is 1. The average Bonchev–Trinajstić information content (AvgIpc) is 2.76. The number of hydrogen-bond donors (Lipinski definition) is 2. The SMILES string of the molecule is Cc1nc(N[C@@H]2Cc3ccccc3[C@@H]2C)ncc1C(=O)O. The first-order chi connectivity index (χ1) is 10.1. The largest absolute Gasteiger partial charge is 0.478 e. The standard InChI is InChI=1S/C16H17N3O2/c1-9-12-6-4-3-5-11(12)7-14(9)19-16-17-8-13(15(20)21)10(2)18-16/h3-6,8-9,14H,7H2,1-2H3,(H,20,21)(H,17,18,19)/t9-,14+/m0/s1. The van der Waals surface area contributed by atoms with Crippen molar-refractivity contribution in [2.45, 2.75) is 32.2 Å². The van der Waals surface area contributed by atoms with Crippen molar-refractivity contribution in [1.82, 2.24) is 9.97 Å². The van der Waals surface area contributed by atoms with Crippen LogP contribution in [0.4, 0.5) is 5.95 Å². The number of aromatic nitrogens is 2. The predicted octanol–water partition coefficient (Wildman–Crippen LogP) is 2.62. The zero-order chi connectivity index (χ0) is 15.0. The summed E-state index contributed by atoms with van der Waals surface area (Å²) in [7, 11) is 0. The van der Waals surface area contributed by atoms with E-state index in [1.165, 1.54) is 17.3 Å². The van der Waals surface area contributed by atoms with E-state index in [4.69, 9.17) is 5.11 Å². The summed E-state index contributed by atoms with van der Waals surface area (Å²) in [5, 5.41) is 12.3. The average molecular weight is 283 g/mol. The third-order valence-electron chi connectivity index (χ3n) is 4.11. The number of carboxylic acids is 1. The maximum Gasteiger partial charge on any atom is 0.339 e. The summed E-state index contributed by atoms with van der Waals surface area (Å²) in [4.78, 5) is 19.3. The van der Waals surface area contributed by atoms with Crippen LogP contribution in [-0.2, 0) is 6.42 Å². The molecule has 0 unspecified atom stereocenters. The van der Waals surface area contributed by atoms with Crippen LogP contribution in [0.25, 0.3) is 0 Å². The van der Waals surface area contributed by atoms with Crippen molar-refractivity contribution in [3.63, 3.8) is 0 Å². The Morgan fingerprint density at radius 1 is 1.38 bits per heavy atom. The van der Waals surface area contributed by atoms with Gasteiger partial charge in [-0.1, -0.05) is 31.2 Å². The number of hydrogen-bond acceptors (Lipinski definition) is 4. The van der Waals surface area contributed by atoms with E-state index in [1.807, 2.05) is 0 Å². The lowest BCUT2D eigenvalue weighted by atomic mass is 10.0. The number of nitrogens with one attached hydrogen (secondary N) is 1. The fourth-order valence-electron chi connectivity index (χ4n) is 2.88. The number of nitrogens with zero attached hydrogens (tertiary/aromatic N) is 2. The van der Waals surface area contributed by atoms with Crippen molar-refractivity contribution in [3.8, 4) is 0 Å². The summed E-state index contributed by atoms with van der Waals surface area (Å²) in [6, 6.07) is 8.64. The van der Waals surface area contributed by atoms with Crippen molar-refractivity contribution in [2.75, 3.05) is 5.32 Å². The molecule has 0 bridgehead atoms. The Labute approximate surface area is 123 Å². The van der Waals surface area contributed by atoms with Gasteiger partial charge in [-0.25, -0.2) is 14.8 Å². The zero-order valence-corrected chi connectivity index (χ0v) is 12.0. The minimum absolute atomic E-state index is 0.142. The van der Waals surface area contributed by atoms with Crippen molar-refractivity contribution in [1.29, 1.82) is 0 Å². The van der Waals surface area contributed by atoms with Gasteiger partial charge in [-0.3, -0.25) is 0 Å². The van der Waals surface area contributed by atoms with Crippen molar-refractivity contribution >= 4 is 11.9 Å². The van der Waals surface area contributed by atoms with Gasteiger partial charge in [0.05, 0.1) is 11.3 Å². The Kier molecular flexibility index (Phi) is 3.33. The number of aromatic carboxylic acids is 1. The number of fused-ring (bicyclic) bond motifs is 1. The summed E-state index contributed by atoms with van der Waals surface area (Å²) in [6.45, 7) is 3.87. The molecule has 2 atom stereocenters. The second-order valence-corrected chi connectivity index (χ2v) is 5.44. The highest BCUT2D eigenvalue weighted by molar-refractivity contribution is 5.88. The number of aryl methyl sites for hydroxylation is 1. The number of anilines is 1. The normalized spacial score (nSPS) is 20.1. The molecular formula is C16H17N3O2. The Morgan fingerprint density at radius 2 is 2.14 bits per heavy atom. The van der Waals surface area contributed by atoms with Crippen molar-refractivity contribution in [3.05, 3.63) is 52.8 Å². The molecule has 0 saturated heterocycles. The van der Waals surface area contributed by atoms with Gasteiger partial charge in [0.15, 0.2) is 0 Å². The van der Waals surface area contributed by atoms with E-state index in [0.717, 1.165) is 6.42 Å². The highest BCUT2D eigenvalue weighted by Gasteiger charge is 2.29. The van der Waals surface area contributed by atoms with Gasteiger partial charge >= 0.3 is 5.97 Å².